The lowest BCUT2D eigenvalue weighted by Crippen LogP contribution is -2.29. The summed E-state index contributed by atoms with van der Waals surface area (Å²) < 4.78 is 50.5. The monoisotopic (exact) mass is 397 g/mol. The van der Waals surface area contributed by atoms with Gasteiger partial charge >= 0.3 is 0 Å². The van der Waals surface area contributed by atoms with Crippen LogP contribution in [0.4, 0.5) is 4.39 Å². The Morgan fingerprint density at radius 1 is 1.12 bits per heavy atom. The van der Waals surface area contributed by atoms with E-state index < -0.39 is 26.6 Å². The number of fused-ring (bicyclic) bond motifs is 1. The van der Waals surface area contributed by atoms with E-state index in [0.29, 0.717) is 30.3 Å². The second-order valence-electron chi connectivity index (χ2n) is 5.28. The Labute approximate surface area is 154 Å². The highest BCUT2D eigenvalue weighted by Gasteiger charge is 2.21. The fourth-order valence-electron chi connectivity index (χ4n) is 2.25. The summed E-state index contributed by atoms with van der Waals surface area (Å²) in [7, 11) is -4.35. The first-order valence-electron chi connectivity index (χ1n) is 7.45. The first-order chi connectivity index (χ1) is 12.3. The molecule has 0 radical (unpaired) electrons. The summed E-state index contributed by atoms with van der Waals surface area (Å²) in [5.74, 6) is -0.837. The average Bonchev–Trinajstić information content (AvgIpc) is 2.59. The summed E-state index contributed by atoms with van der Waals surface area (Å²) in [6.07, 6.45) is 2.43. The molecule has 2 aromatic rings. The highest BCUT2D eigenvalue weighted by atomic mass is 35.5. The molecule has 9 heteroatoms. The van der Waals surface area contributed by atoms with Crippen molar-refractivity contribution in [1.82, 2.24) is 4.72 Å². The van der Waals surface area contributed by atoms with Gasteiger partial charge in [0, 0.05) is 11.1 Å². The van der Waals surface area contributed by atoms with Gasteiger partial charge in [-0.3, -0.25) is 4.79 Å². The van der Waals surface area contributed by atoms with Gasteiger partial charge in [0.2, 0.25) is 0 Å². The topological polar surface area (TPSA) is 81.7 Å². The van der Waals surface area contributed by atoms with Crippen molar-refractivity contribution in [3.63, 3.8) is 0 Å². The summed E-state index contributed by atoms with van der Waals surface area (Å²) in [6.45, 7) is 0.884. The molecule has 0 atom stereocenters. The lowest BCUT2D eigenvalue weighted by atomic mass is 10.2. The zero-order valence-electron chi connectivity index (χ0n) is 13.2. The molecule has 26 heavy (non-hydrogen) atoms. The third kappa shape index (κ3) is 4.14. The van der Waals surface area contributed by atoms with Crippen molar-refractivity contribution in [2.45, 2.75) is 4.90 Å². The van der Waals surface area contributed by atoms with Crippen LogP contribution in [0.2, 0.25) is 5.02 Å². The van der Waals surface area contributed by atoms with Gasteiger partial charge in [-0.2, -0.15) is 0 Å². The third-order valence-corrected chi connectivity index (χ3v) is 5.03. The molecule has 1 amide bonds. The second-order valence-corrected chi connectivity index (χ2v) is 7.37. The van der Waals surface area contributed by atoms with Gasteiger partial charge in [0.1, 0.15) is 23.9 Å². The van der Waals surface area contributed by atoms with E-state index in [1.807, 2.05) is 0 Å². The molecule has 136 valence electrons. The summed E-state index contributed by atoms with van der Waals surface area (Å²) >= 11 is 5.59. The minimum atomic E-state index is -4.35. The van der Waals surface area contributed by atoms with Gasteiger partial charge in [0.25, 0.3) is 15.9 Å². The molecule has 0 saturated carbocycles. The number of ether oxygens (including phenoxy) is 2. The molecule has 1 aliphatic heterocycles. The Morgan fingerprint density at radius 2 is 1.85 bits per heavy atom. The number of hydrogen-bond donors (Lipinski definition) is 1. The molecular formula is C17H13ClFNO5S. The Kier molecular flexibility index (Phi) is 5.15. The zero-order valence-corrected chi connectivity index (χ0v) is 14.8. The third-order valence-electron chi connectivity index (χ3n) is 3.41. The van der Waals surface area contributed by atoms with E-state index >= 15 is 0 Å². The van der Waals surface area contributed by atoms with Crippen LogP contribution < -0.4 is 14.2 Å². The Hall–Kier alpha value is -2.58. The maximum atomic E-state index is 13.7. The van der Waals surface area contributed by atoms with E-state index in [9.17, 15) is 17.6 Å². The molecule has 1 N–H and O–H groups in total. The molecule has 0 aliphatic carbocycles. The van der Waals surface area contributed by atoms with Crippen LogP contribution in [0.15, 0.2) is 47.4 Å². The SMILES string of the molecule is O=C(/C=C/c1ccc2c(c1)OCCO2)NS(=O)(=O)c1ccc(Cl)cc1F. The molecule has 0 spiro atoms. The fourth-order valence-corrected chi connectivity index (χ4v) is 3.41. The smallest absolute Gasteiger partial charge is 0.267 e. The van der Waals surface area contributed by atoms with Gasteiger partial charge in [-0.25, -0.2) is 17.5 Å². The second kappa shape index (κ2) is 7.35. The lowest BCUT2D eigenvalue weighted by molar-refractivity contribution is -0.114. The Morgan fingerprint density at radius 3 is 2.58 bits per heavy atom. The van der Waals surface area contributed by atoms with Crippen molar-refractivity contribution in [2.24, 2.45) is 0 Å². The van der Waals surface area contributed by atoms with Crippen molar-refractivity contribution < 1.29 is 27.1 Å². The molecule has 0 saturated heterocycles. The van der Waals surface area contributed by atoms with E-state index in [1.54, 1.807) is 22.9 Å². The number of nitrogens with one attached hydrogen (secondary N) is 1. The van der Waals surface area contributed by atoms with Crippen LogP contribution >= 0.6 is 11.6 Å². The van der Waals surface area contributed by atoms with Crippen molar-refractivity contribution in [1.29, 1.82) is 0 Å². The molecule has 0 fully saturated rings. The first kappa shape index (κ1) is 18.2. The minimum Gasteiger partial charge on any atom is -0.486 e. The van der Waals surface area contributed by atoms with Crippen LogP contribution in [-0.4, -0.2) is 27.5 Å². The summed E-state index contributed by atoms with van der Waals surface area (Å²) in [5.41, 5.74) is 0.611. The van der Waals surface area contributed by atoms with E-state index in [0.717, 1.165) is 18.2 Å². The summed E-state index contributed by atoms with van der Waals surface area (Å²) in [5, 5.41) is 0.0475. The van der Waals surface area contributed by atoms with Gasteiger partial charge in [-0.05, 0) is 42.0 Å². The molecule has 1 aliphatic rings. The largest absolute Gasteiger partial charge is 0.486 e. The number of benzene rings is 2. The van der Waals surface area contributed by atoms with Gasteiger partial charge in [-0.1, -0.05) is 17.7 Å². The molecule has 0 aromatic heterocycles. The van der Waals surface area contributed by atoms with Crippen LogP contribution in [0.25, 0.3) is 6.08 Å². The number of halogens is 2. The zero-order chi connectivity index (χ0) is 18.7. The lowest BCUT2D eigenvalue weighted by Gasteiger charge is -2.18. The number of carbonyl (C=O) groups is 1. The maximum Gasteiger partial charge on any atom is 0.267 e. The Bertz CT molecular complexity index is 991. The normalized spacial score (nSPS) is 13.6. The molecule has 0 bridgehead atoms. The Balaban J connectivity index is 1.72. The maximum absolute atomic E-state index is 13.7. The summed E-state index contributed by atoms with van der Waals surface area (Å²) in [6, 6.07) is 8.08. The number of carbonyl (C=O) groups excluding carboxylic acids is 1. The molecule has 0 unspecified atom stereocenters. The van der Waals surface area contributed by atoms with Crippen LogP contribution in [0.5, 0.6) is 11.5 Å². The molecule has 1 heterocycles. The van der Waals surface area contributed by atoms with Crippen molar-refractivity contribution in [3.8, 4) is 11.5 Å². The predicted octanol–water partition coefficient (Wildman–Crippen LogP) is 2.77. The highest BCUT2D eigenvalue weighted by molar-refractivity contribution is 7.90. The van der Waals surface area contributed by atoms with Crippen molar-refractivity contribution >= 4 is 33.6 Å². The number of amides is 1. The molecule has 2 aromatic carbocycles. The first-order valence-corrected chi connectivity index (χ1v) is 9.31. The van der Waals surface area contributed by atoms with Gasteiger partial charge in [-0.15, -0.1) is 0 Å². The summed E-state index contributed by atoms with van der Waals surface area (Å²) in [4.78, 5) is 11.2. The number of hydrogen-bond acceptors (Lipinski definition) is 5. The molecule has 6 nitrogen and oxygen atoms in total. The quantitative estimate of drug-likeness (QED) is 0.802. The van der Waals surface area contributed by atoms with Crippen LogP contribution in [0, 0.1) is 5.82 Å². The van der Waals surface area contributed by atoms with Crippen LogP contribution in [0.1, 0.15) is 5.56 Å². The van der Waals surface area contributed by atoms with Gasteiger partial charge < -0.3 is 9.47 Å². The predicted molar refractivity (Wildman–Crippen MR) is 93.2 cm³/mol. The van der Waals surface area contributed by atoms with Crippen molar-refractivity contribution in [2.75, 3.05) is 13.2 Å². The number of sulfonamides is 1. The van der Waals surface area contributed by atoms with E-state index in [4.69, 9.17) is 21.1 Å². The molecular weight excluding hydrogens is 385 g/mol. The average molecular weight is 398 g/mol. The minimum absolute atomic E-state index is 0.0475. The molecule has 3 rings (SSSR count). The highest BCUT2D eigenvalue weighted by Crippen LogP contribution is 2.31. The van der Waals surface area contributed by atoms with Gasteiger partial charge in [0.15, 0.2) is 11.5 Å². The number of rotatable bonds is 4. The van der Waals surface area contributed by atoms with E-state index in [1.165, 1.54) is 12.1 Å². The fraction of sp³-hybridized carbons (Fsp3) is 0.118. The van der Waals surface area contributed by atoms with Crippen LogP contribution in [-0.2, 0) is 14.8 Å². The standard InChI is InChI=1S/C17H13ClFNO5S/c18-12-3-5-16(13(19)10-12)26(22,23)20-17(21)6-2-11-1-4-14-15(9-11)25-8-7-24-14/h1-6,9-10H,7-8H2,(H,20,21)/b6-2+. The van der Waals surface area contributed by atoms with Gasteiger partial charge in [0.05, 0.1) is 0 Å². The van der Waals surface area contributed by atoms with E-state index in [-0.39, 0.29) is 5.02 Å². The van der Waals surface area contributed by atoms with Crippen LogP contribution in [0.3, 0.4) is 0 Å². The van der Waals surface area contributed by atoms with E-state index in [2.05, 4.69) is 0 Å². The van der Waals surface area contributed by atoms with Crippen molar-refractivity contribution in [3.05, 3.63) is 58.9 Å².